The first-order valence-electron chi connectivity index (χ1n) is 7.02. The lowest BCUT2D eigenvalue weighted by atomic mass is 10.1. The predicted molar refractivity (Wildman–Crippen MR) is 96.1 cm³/mol. The van der Waals surface area contributed by atoms with Gasteiger partial charge in [-0.15, -0.1) is 22.7 Å². The Morgan fingerprint density at radius 2 is 1.55 bits per heavy atom. The van der Waals surface area contributed by atoms with Crippen LogP contribution in [0, 0.1) is 0 Å². The highest BCUT2D eigenvalue weighted by molar-refractivity contribution is 7.27. The molecule has 0 unspecified atom stereocenters. The molecule has 0 aliphatic carbocycles. The van der Waals surface area contributed by atoms with E-state index in [4.69, 9.17) is 0 Å². The molecule has 20 heavy (non-hydrogen) atoms. The van der Waals surface area contributed by atoms with Gasteiger partial charge in [0.2, 0.25) is 0 Å². The van der Waals surface area contributed by atoms with Crippen LogP contribution in [0.2, 0.25) is 0 Å². The molecule has 102 valence electrons. The minimum atomic E-state index is 0.613. The molecule has 3 heteroatoms. The van der Waals surface area contributed by atoms with Crippen molar-refractivity contribution in [2.45, 2.75) is 33.1 Å². The predicted octanol–water partition coefficient (Wildman–Crippen LogP) is 7.02. The van der Waals surface area contributed by atoms with Gasteiger partial charge in [0.05, 0.1) is 9.40 Å². The molecule has 0 atom stereocenters. The average Bonchev–Trinajstić information content (AvgIpc) is 3.14. The number of benzene rings is 1. The van der Waals surface area contributed by atoms with E-state index in [2.05, 4.69) is 43.7 Å². The Bertz CT molecular complexity index is 918. The third-order valence-electron chi connectivity index (χ3n) is 3.90. The van der Waals surface area contributed by atoms with E-state index in [1.165, 1.54) is 40.7 Å². The zero-order valence-electron chi connectivity index (χ0n) is 11.8. The van der Waals surface area contributed by atoms with Crippen molar-refractivity contribution in [2.24, 2.45) is 0 Å². The number of fused-ring (bicyclic) bond motifs is 6. The Labute approximate surface area is 130 Å². The molecule has 0 bridgehead atoms. The highest BCUT2D eigenvalue weighted by Gasteiger charge is 2.16. The van der Waals surface area contributed by atoms with E-state index in [-0.39, 0.29) is 0 Å². The summed E-state index contributed by atoms with van der Waals surface area (Å²) in [4.78, 5) is 3.01. The van der Waals surface area contributed by atoms with Crippen LogP contribution in [-0.2, 0) is 6.42 Å². The Kier molecular flexibility index (Phi) is 2.92. The van der Waals surface area contributed by atoms with E-state index in [0.717, 1.165) is 6.42 Å². The van der Waals surface area contributed by atoms with Crippen molar-refractivity contribution >= 4 is 65.0 Å². The van der Waals surface area contributed by atoms with Gasteiger partial charge in [-0.2, -0.15) is 11.3 Å². The lowest BCUT2D eigenvalue weighted by molar-refractivity contribution is 0.890. The Morgan fingerprint density at radius 1 is 0.900 bits per heavy atom. The van der Waals surface area contributed by atoms with Gasteiger partial charge in [0.1, 0.15) is 0 Å². The third-order valence-corrected chi connectivity index (χ3v) is 7.52. The second-order valence-corrected chi connectivity index (χ2v) is 8.52. The molecule has 0 aliphatic rings. The largest absolute Gasteiger partial charge is 0.151 e. The molecule has 0 aliphatic heterocycles. The minimum absolute atomic E-state index is 0.613. The molecule has 0 amide bonds. The van der Waals surface area contributed by atoms with Crippen LogP contribution in [-0.4, -0.2) is 0 Å². The molecule has 4 aromatic rings. The lowest BCUT2D eigenvalue weighted by Crippen LogP contribution is -1.77. The van der Waals surface area contributed by atoms with Crippen LogP contribution in [0.3, 0.4) is 0 Å². The maximum absolute atomic E-state index is 2.42. The molecule has 0 fully saturated rings. The minimum Gasteiger partial charge on any atom is -0.151 e. The van der Waals surface area contributed by atoms with Crippen LogP contribution < -0.4 is 0 Å². The number of rotatable bonds is 2. The molecule has 0 radical (unpaired) electrons. The quantitative estimate of drug-likeness (QED) is 0.373. The Morgan fingerprint density at radius 3 is 2.20 bits per heavy atom. The summed E-state index contributed by atoms with van der Waals surface area (Å²) in [5.41, 5.74) is 0. The van der Waals surface area contributed by atoms with Gasteiger partial charge in [0.15, 0.2) is 0 Å². The van der Waals surface area contributed by atoms with Crippen molar-refractivity contribution in [3.05, 3.63) is 32.6 Å². The monoisotopic (exact) mass is 316 g/mol. The summed E-state index contributed by atoms with van der Waals surface area (Å²) in [6.07, 6.45) is 1.13. The van der Waals surface area contributed by atoms with Gasteiger partial charge in [-0.25, -0.2) is 0 Å². The maximum atomic E-state index is 2.42. The molecule has 0 saturated heterocycles. The SMILES string of the molecule is CCc1cc2c3cscc3c3cc(C(C)C)sc3c2s1. The maximum Gasteiger partial charge on any atom is 0.0530 e. The van der Waals surface area contributed by atoms with E-state index >= 15 is 0 Å². The van der Waals surface area contributed by atoms with Gasteiger partial charge >= 0.3 is 0 Å². The van der Waals surface area contributed by atoms with Crippen molar-refractivity contribution in [2.75, 3.05) is 0 Å². The topological polar surface area (TPSA) is 0 Å². The molecule has 3 aromatic heterocycles. The first-order chi connectivity index (χ1) is 9.69. The highest BCUT2D eigenvalue weighted by Crippen LogP contribution is 2.45. The first-order valence-corrected chi connectivity index (χ1v) is 9.60. The van der Waals surface area contributed by atoms with Crippen LogP contribution in [0.1, 0.15) is 36.4 Å². The smallest absolute Gasteiger partial charge is 0.0530 e. The fourth-order valence-corrected chi connectivity index (χ4v) is 6.06. The second-order valence-electron chi connectivity index (χ2n) is 5.55. The van der Waals surface area contributed by atoms with Crippen LogP contribution in [0.5, 0.6) is 0 Å². The lowest BCUT2D eigenvalue weighted by Gasteiger charge is -1.96. The zero-order valence-corrected chi connectivity index (χ0v) is 14.3. The summed E-state index contributed by atoms with van der Waals surface area (Å²) in [7, 11) is 0. The molecule has 0 spiro atoms. The molecule has 3 heterocycles. The normalized spacial score (nSPS) is 12.4. The van der Waals surface area contributed by atoms with Gasteiger partial charge in [0.25, 0.3) is 0 Å². The Hall–Kier alpha value is -0.900. The second kappa shape index (κ2) is 4.55. The molecule has 0 saturated carbocycles. The van der Waals surface area contributed by atoms with Crippen LogP contribution >= 0.6 is 34.0 Å². The summed E-state index contributed by atoms with van der Waals surface area (Å²) in [6, 6.07) is 4.83. The first kappa shape index (κ1) is 12.8. The van der Waals surface area contributed by atoms with E-state index in [9.17, 15) is 0 Å². The van der Waals surface area contributed by atoms with E-state index in [0.29, 0.717) is 5.92 Å². The molecule has 1 aromatic carbocycles. The summed E-state index contributed by atoms with van der Waals surface area (Å²) < 4.78 is 3.00. The molecule has 4 rings (SSSR count). The Balaban J connectivity index is 2.25. The fourth-order valence-electron chi connectivity index (χ4n) is 2.76. The van der Waals surface area contributed by atoms with Gasteiger partial charge in [0, 0.05) is 31.3 Å². The third kappa shape index (κ3) is 1.70. The van der Waals surface area contributed by atoms with Gasteiger partial charge in [-0.3, -0.25) is 0 Å². The molecular weight excluding hydrogens is 300 g/mol. The summed E-state index contributed by atoms with van der Waals surface area (Å²) in [6.45, 7) is 6.83. The van der Waals surface area contributed by atoms with E-state index in [1.54, 1.807) is 0 Å². The van der Waals surface area contributed by atoms with E-state index in [1.807, 2.05) is 34.0 Å². The van der Waals surface area contributed by atoms with Crippen LogP contribution in [0.15, 0.2) is 22.9 Å². The fraction of sp³-hybridized carbons (Fsp3) is 0.294. The van der Waals surface area contributed by atoms with Gasteiger partial charge in [-0.05, 0) is 35.2 Å². The average molecular weight is 317 g/mol. The van der Waals surface area contributed by atoms with Crippen molar-refractivity contribution in [1.82, 2.24) is 0 Å². The van der Waals surface area contributed by atoms with Crippen molar-refractivity contribution in [1.29, 1.82) is 0 Å². The van der Waals surface area contributed by atoms with E-state index < -0.39 is 0 Å². The van der Waals surface area contributed by atoms with Crippen LogP contribution in [0.25, 0.3) is 30.9 Å². The number of thiophene rings is 3. The van der Waals surface area contributed by atoms with Crippen molar-refractivity contribution in [3.8, 4) is 0 Å². The van der Waals surface area contributed by atoms with Gasteiger partial charge < -0.3 is 0 Å². The van der Waals surface area contributed by atoms with Crippen molar-refractivity contribution < 1.29 is 0 Å². The number of hydrogen-bond donors (Lipinski definition) is 0. The molecular formula is C17H16S3. The zero-order chi connectivity index (χ0) is 13.9. The van der Waals surface area contributed by atoms with Crippen molar-refractivity contribution in [3.63, 3.8) is 0 Å². The highest BCUT2D eigenvalue weighted by atomic mass is 32.1. The standard InChI is InChI=1S/C17H16S3/c1-4-10-5-11-13-7-18-8-14(13)12-6-15(9(2)3)20-17(12)16(11)19-10/h5-9H,4H2,1-3H3. The van der Waals surface area contributed by atoms with Gasteiger partial charge in [-0.1, -0.05) is 20.8 Å². The molecule has 0 nitrogen and oxygen atoms in total. The molecule has 0 N–H and O–H groups in total. The number of hydrogen-bond acceptors (Lipinski definition) is 3. The summed E-state index contributed by atoms with van der Waals surface area (Å²) >= 11 is 5.80. The van der Waals surface area contributed by atoms with Crippen LogP contribution in [0.4, 0.5) is 0 Å². The summed E-state index contributed by atoms with van der Waals surface area (Å²) in [5, 5.41) is 10.5. The number of aryl methyl sites for hydroxylation is 1. The summed E-state index contributed by atoms with van der Waals surface area (Å²) in [5.74, 6) is 0.613.